The maximum absolute atomic E-state index is 11.1. The van der Waals surface area contributed by atoms with Gasteiger partial charge in [-0.25, -0.2) is 0 Å². The Balaban J connectivity index is 2.45. The second-order valence-electron chi connectivity index (χ2n) is 3.74. The molecule has 0 aromatic heterocycles. The molecule has 0 unspecified atom stereocenters. The standard InChI is InChI=1S/C13H9Cl2NO4/c1-19-11-3-2-4-12(13(11)16(17)18)20-10-6-5-8(14)7-9(10)15/h2-7H,1H3. The first-order chi connectivity index (χ1) is 9.52. The van der Waals surface area contributed by atoms with Gasteiger partial charge in [0, 0.05) is 5.02 Å². The molecule has 0 fully saturated rings. The van der Waals surface area contributed by atoms with Gasteiger partial charge >= 0.3 is 5.69 Å². The third-order valence-electron chi connectivity index (χ3n) is 2.48. The molecule has 0 aliphatic carbocycles. The number of para-hydroxylation sites is 1. The van der Waals surface area contributed by atoms with E-state index in [1.807, 2.05) is 0 Å². The molecular formula is C13H9Cl2NO4. The molecular weight excluding hydrogens is 305 g/mol. The topological polar surface area (TPSA) is 61.6 Å². The van der Waals surface area contributed by atoms with Gasteiger partial charge in [-0.05, 0) is 30.3 Å². The van der Waals surface area contributed by atoms with Crippen LogP contribution in [0.25, 0.3) is 0 Å². The predicted molar refractivity (Wildman–Crippen MR) is 76.2 cm³/mol. The molecule has 0 radical (unpaired) electrons. The normalized spacial score (nSPS) is 10.2. The zero-order valence-electron chi connectivity index (χ0n) is 10.3. The predicted octanol–water partition coefficient (Wildman–Crippen LogP) is 4.70. The van der Waals surface area contributed by atoms with Crippen LogP contribution in [0.1, 0.15) is 0 Å². The van der Waals surface area contributed by atoms with E-state index in [2.05, 4.69) is 0 Å². The number of ether oxygens (including phenoxy) is 2. The van der Waals surface area contributed by atoms with E-state index in [4.69, 9.17) is 32.7 Å². The summed E-state index contributed by atoms with van der Waals surface area (Å²) in [6, 6.07) is 9.14. The second kappa shape index (κ2) is 5.98. The Hall–Kier alpha value is -1.98. The Bertz CT molecular complexity index is 661. The minimum atomic E-state index is -0.571. The monoisotopic (exact) mass is 313 g/mol. The van der Waals surface area contributed by atoms with Crippen LogP contribution in [0.4, 0.5) is 5.69 Å². The van der Waals surface area contributed by atoms with Gasteiger partial charge in [0.05, 0.1) is 17.1 Å². The fourth-order valence-electron chi connectivity index (χ4n) is 1.61. The first-order valence-corrected chi connectivity index (χ1v) is 6.23. The van der Waals surface area contributed by atoms with Crippen molar-refractivity contribution in [1.29, 1.82) is 0 Å². The maximum atomic E-state index is 11.1. The molecule has 0 N–H and O–H groups in total. The third kappa shape index (κ3) is 2.95. The third-order valence-corrected chi connectivity index (χ3v) is 3.01. The van der Waals surface area contributed by atoms with Crippen molar-refractivity contribution < 1.29 is 14.4 Å². The molecule has 0 aliphatic rings. The zero-order valence-corrected chi connectivity index (χ0v) is 11.8. The molecule has 20 heavy (non-hydrogen) atoms. The summed E-state index contributed by atoms with van der Waals surface area (Å²) in [7, 11) is 1.35. The molecule has 2 aromatic rings. The average Bonchev–Trinajstić information content (AvgIpc) is 2.41. The van der Waals surface area contributed by atoms with Crippen LogP contribution in [0, 0.1) is 10.1 Å². The lowest BCUT2D eigenvalue weighted by Gasteiger charge is -2.10. The van der Waals surface area contributed by atoms with Crippen molar-refractivity contribution in [2.45, 2.75) is 0 Å². The maximum Gasteiger partial charge on any atom is 0.352 e. The number of hydrogen-bond donors (Lipinski definition) is 0. The Morgan fingerprint density at radius 3 is 2.40 bits per heavy atom. The summed E-state index contributed by atoms with van der Waals surface area (Å²) in [6.45, 7) is 0. The molecule has 0 atom stereocenters. The van der Waals surface area contributed by atoms with E-state index in [-0.39, 0.29) is 28.0 Å². The van der Waals surface area contributed by atoms with E-state index in [0.717, 1.165) is 0 Å². The first kappa shape index (κ1) is 14.4. The summed E-state index contributed by atoms with van der Waals surface area (Å²) in [4.78, 5) is 10.6. The number of rotatable bonds is 4. The van der Waals surface area contributed by atoms with E-state index in [0.29, 0.717) is 5.02 Å². The van der Waals surface area contributed by atoms with Gasteiger partial charge in [0.25, 0.3) is 0 Å². The molecule has 0 saturated heterocycles. The SMILES string of the molecule is COc1cccc(Oc2ccc(Cl)cc2Cl)c1[N+](=O)[O-]. The Morgan fingerprint density at radius 2 is 1.80 bits per heavy atom. The van der Waals surface area contributed by atoms with Gasteiger partial charge < -0.3 is 9.47 Å². The van der Waals surface area contributed by atoms with Crippen molar-refractivity contribution in [1.82, 2.24) is 0 Å². The molecule has 104 valence electrons. The lowest BCUT2D eigenvalue weighted by Crippen LogP contribution is -1.97. The fraction of sp³-hybridized carbons (Fsp3) is 0.0769. The Labute approximate surface area is 124 Å². The van der Waals surface area contributed by atoms with Gasteiger partial charge in [-0.15, -0.1) is 0 Å². The van der Waals surface area contributed by atoms with Gasteiger partial charge in [0.2, 0.25) is 11.5 Å². The number of methoxy groups -OCH3 is 1. The number of halogens is 2. The van der Waals surface area contributed by atoms with Crippen molar-refractivity contribution in [2.75, 3.05) is 7.11 Å². The number of hydrogen-bond acceptors (Lipinski definition) is 4. The van der Waals surface area contributed by atoms with Crippen LogP contribution in [-0.4, -0.2) is 12.0 Å². The van der Waals surface area contributed by atoms with Gasteiger partial charge in [0.15, 0.2) is 0 Å². The highest BCUT2D eigenvalue weighted by Gasteiger charge is 2.22. The van der Waals surface area contributed by atoms with Crippen LogP contribution in [0.15, 0.2) is 36.4 Å². The van der Waals surface area contributed by atoms with Crippen molar-refractivity contribution in [3.63, 3.8) is 0 Å². The number of nitro groups is 1. The van der Waals surface area contributed by atoms with Crippen LogP contribution < -0.4 is 9.47 Å². The lowest BCUT2D eigenvalue weighted by molar-refractivity contribution is -0.386. The van der Waals surface area contributed by atoms with E-state index >= 15 is 0 Å². The van der Waals surface area contributed by atoms with Crippen LogP contribution >= 0.6 is 23.2 Å². The van der Waals surface area contributed by atoms with E-state index in [9.17, 15) is 10.1 Å². The molecule has 0 aliphatic heterocycles. The van der Waals surface area contributed by atoms with E-state index in [1.165, 1.54) is 31.4 Å². The molecule has 7 heteroatoms. The molecule has 0 heterocycles. The molecule has 0 bridgehead atoms. The largest absolute Gasteiger partial charge is 0.490 e. The first-order valence-electron chi connectivity index (χ1n) is 5.47. The van der Waals surface area contributed by atoms with Crippen LogP contribution in [0.5, 0.6) is 17.2 Å². The lowest BCUT2D eigenvalue weighted by atomic mass is 10.2. The highest BCUT2D eigenvalue weighted by atomic mass is 35.5. The Morgan fingerprint density at radius 1 is 1.10 bits per heavy atom. The molecule has 5 nitrogen and oxygen atoms in total. The molecule has 0 saturated carbocycles. The van der Waals surface area contributed by atoms with Crippen molar-refractivity contribution in [3.05, 3.63) is 56.6 Å². The van der Waals surface area contributed by atoms with Gasteiger partial charge in [-0.2, -0.15) is 0 Å². The Kier molecular flexibility index (Phi) is 4.32. The molecule has 2 aromatic carbocycles. The molecule has 0 spiro atoms. The van der Waals surface area contributed by atoms with Gasteiger partial charge in [0.1, 0.15) is 5.75 Å². The van der Waals surface area contributed by atoms with Gasteiger partial charge in [-0.1, -0.05) is 29.3 Å². The summed E-state index contributed by atoms with van der Waals surface area (Å²) < 4.78 is 10.4. The second-order valence-corrected chi connectivity index (χ2v) is 4.58. The van der Waals surface area contributed by atoms with Crippen LogP contribution in [0.3, 0.4) is 0 Å². The van der Waals surface area contributed by atoms with Crippen LogP contribution in [0.2, 0.25) is 10.0 Å². The highest BCUT2D eigenvalue weighted by Crippen LogP contribution is 2.40. The number of benzene rings is 2. The molecule has 0 amide bonds. The van der Waals surface area contributed by atoms with E-state index < -0.39 is 4.92 Å². The minimum absolute atomic E-state index is 0.0403. The van der Waals surface area contributed by atoms with Gasteiger partial charge in [-0.3, -0.25) is 10.1 Å². The van der Waals surface area contributed by atoms with E-state index in [1.54, 1.807) is 12.1 Å². The quantitative estimate of drug-likeness (QED) is 0.606. The zero-order chi connectivity index (χ0) is 14.7. The fourth-order valence-corrected chi connectivity index (χ4v) is 2.05. The summed E-state index contributed by atoms with van der Waals surface area (Å²) in [5.74, 6) is 0.420. The summed E-state index contributed by atoms with van der Waals surface area (Å²) in [6.07, 6.45) is 0. The number of nitro benzene ring substituents is 1. The van der Waals surface area contributed by atoms with Crippen molar-refractivity contribution in [3.8, 4) is 17.2 Å². The smallest absolute Gasteiger partial charge is 0.352 e. The average molecular weight is 314 g/mol. The highest BCUT2D eigenvalue weighted by molar-refractivity contribution is 6.35. The minimum Gasteiger partial charge on any atom is -0.490 e. The van der Waals surface area contributed by atoms with Crippen LogP contribution in [-0.2, 0) is 0 Å². The summed E-state index contributed by atoms with van der Waals surface area (Å²) >= 11 is 11.8. The molecule has 2 rings (SSSR count). The van der Waals surface area contributed by atoms with Crippen molar-refractivity contribution in [2.24, 2.45) is 0 Å². The summed E-state index contributed by atoms with van der Waals surface area (Å²) in [5.41, 5.74) is -0.263. The van der Waals surface area contributed by atoms with Crippen molar-refractivity contribution >= 4 is 28.9 Å². The summed E-state index contributed by atoms with van der Waals surface area (Å²) in [5, 5.41) is 11.8. The number of nitrogens with zero attached hydrogens (tertiary/aromatic N) is 1.